The first-order valence-electron chi connectivity index (χ1n) is 7.24. The van der Waals surface area contributed by atoms with Gasteiger partial charge in [0, 0.05) is 24.4 Å². The lowest BCUT2D eigenvalue weighted by Gasteiger charge is -2.27. The molecule has 0 aliphatic rings. The maximum Gasteiger partial charge on any atom is 0.254 e. The van der Waals surface area contributed by atoms with Crippen LogP contribution in [0.15, 0.2) is 24.3 Å². The maximum absolute atomic E-state index is 12.5. The van der Waals surface area contributed by atoms with Crippen molar-refractivity contribution in [3.05, 3.63) is 35.4 Å². The summed E-state index contributed by atoms with van der Waals surface area (Å²) < 4.78 is 22.8. The third-order valence-corrected chi connectivity index (χ3v) is 4.59. The Kier molecular flexibility index (Phi) is 5.96. The SMILES string of the molecule is CCN(C(=O)c1ccc(C(C)C)cc1)C(C)CS(C)(=O)=O. The van der Waals surface area contributed by atoms with Crippen LogP contribution in [0, 0.1) is 0 Å². The summed E-state index contributed by atoms with van der Waals surface area (Å²) in [6.07, 6.45) is 1.19. The Morgan fingerprint density at radius 2 is 1.67 bits per heavy atom. The van der Waals surface area contributed by atoms with Crippen molar-refractivity contribution in [1.82, 2.24) is 4.90 Å². The first-order valence-corrected chi connectivity index (χ1v) is 9.30. The zero-order chi connectivity index (χ0) is 16.2. The zero-order valence-corrected chi connectivity index (χ0v) is 14.3. The predicted molar refractivity (Wildman–Crippen MR) is 86.4 cm³/mol. The molecule has 1 aromatic rings. The number of hydrogen-bond acceptors (Lipinski definition) is 3. The number of nitrogens with zero attached hydrogens (tertiary/aromatic N) is 1. The van der Waals surface area contributed by atoms with Gasteiger partial charge in [-0.1, -0.05) is 26.0 Å². The zero-order valence-electron chi connectivity index (χ0n) is 13.5. The van der Waals surface area contributed by atoms with E-state index < -0.39 is 9.84 Å². The highest BCUT2D eigenvalue weighted by atomic mass is 32.2. The van der Waals surface area contributed by atoms with E-state index >= 15 is 0 Å². The molecule has 1 rings (SSSR count). The number of rotatable bonds is 6. The van der Waals surface area contributed by atoms with Crippen molar-refractivity contribution in [2.45, 2.75) is 39.7 Å². The number of amides is 1. The molecule has 118 valence electrons. The maximum atomic E-state index is 12.5. The van der Waals surface area contributed by atoms with Gasteiger partial charge in [0.2, 0.25) is 0 Å². The largest absolute Gasteiger partial charge is 0.335 e. The van der Waals surface area contributed by atoms with Gasteiger partial charge in [0.15, 0.2) is 0 Å². The van der Waals surface area contributed by atoms with E-state index in [0.717, 1.165) is 0 Å². The van der Waals surface area contributed by atoms with Crippen molar-refractivity contribution < 1.29 is 13.2 Å². The van der Waals surface area contributed by atoms with E-state index in [9.17, 15) is 13.2 Å². The Morgan fingerprint density at radius 1 is 1.14 bits per heavy atom. The van der Waals surface area contributed by atoms with E-state index in [0.29, 0.717) is 18.0 Å². The van der Waals surface area contributed by atoms with Crippen molar-refractivity contribution in [2.24, 2.45) is 0 Å². The van der Waals surface area contributed by atoms with E-state index in [-0.39, 0.29) is 17.7 Å². The summed E-state index contributed by atoms with van der Waals surface area (Å²) in [6.45, 7) is 8.32. The van der Waals surface area contributed by atoms with Crippen molar-refractivity contribution in [3.63, 3.8) is 0 Å². The second-order valence-electron chi connectivity index (χ2n) is 5.81. The van der Waals surface area contributed by atoms with Crippen LogP contribution in [0.2, 0.25) is 0 Å². The van der Waals surface area contributed by atoms with Gasteiger partial charge >= 0.3 is 0 Å². The van der Waals surface area contributed by atoms with Crippen LogP contribution in [-0.2, 0) is 9.84 Å². The third kappa shape index (κ3) is 5.16. The van der Waals surface area contributed by atoms with Crippen molar-refractivity contribution >= 4 is 15.7 Å². The molecular formula is C16H25NO3S. The van der Waals surface area contributed by atoms with Gasteiger partial charge < -0.3 is 4.90 Å². The minimum Gasteiger partial charge on any atom is -0.335 e. The molecule has 1 amide bonds. The average molecular weight is 311 g/mol. The topological polar surface area (TPSA) is 54.5 Å². The van der Waals surface area contributed by atoms with Crippen LogP contribution in [-0.4, -0.2) is 43.8 Å². The van der Waals surface area contributed by atoms with E-state index in [2.05, 4.69) is 13.8 Å². The molecule has 0 fully saturated rings. The highest BCUT2D eigenvalue weighted by Gasteiger charge is 2.23. The molecule has 4 nitrogen and oxygen atoms in total. The van der Waals surface area contributed by atoms with E-state index in [1.165, 1.54) is 11.8 Å². The van der Waals surface area contributed by atoms with Crippen LogP contribution in [0.5, 0.6) is 0 Å². The lowest BCUT2D eigenvalue weighted by atomic mass is 10.0. The number of hydrogen-bond donors (Lipinski definition) is 0. The molecule has 0 radical (unpaired) electrons. The van der Waals surface area contributed by atoms with Gasteiger partial charge in [0.05, 0.1) is 5.75 Å². The highest BCUT2D eigenvalue weighted by molar-refractivity contribution is 7.90. The number of sulfone groups is 1. The standard InChI is InChI=1S/C16H25NO3S/c1-6-17(13(4)11-21(5,19)20)16(18)15-9-7-14(8-10-15)12(2)3/h7-10,12-13H,6,11H2,1-5H3. The fourth-order valence-electron chi connectivity index (χ4n) is 2.36. The highest BCUT2D eigenvalue weighted by Crippen LogP contribution is 2.16. The smallest absolute Gasteiger partial charge is 0.254 e. The molecule has 0 spiro atoms. The second-order valence-corrected chi connectivity index (χ2v) is 7.99. The summed E-state index contributed by atoms with van der Waals surface area (Å²) in [6, 6.07) is 7.20. The summed E-state index contributed by atoms with van der Waals surface area (Å²) >= 11 is 0. The Balaban J connectivity index is 2.92. The molecule has 0 heterocycles. The Labute approximate surface area is 128 Å². The van der Waals surface area contributed by atoms with E-state index in [1.807, 2.05) is 31.2 Å². The molecule has 0 N–H and O–H groups in total. The summed E-state index contributed by atoms with van der Waals surface area (Å²) in [5, 5.41) is 0. The van der Waals surface area contributed by atoms with Gasteiger partial charge in [0.25, 0.3) is 5.91 Å². The van der Waals surface area contributed by atoms with E-state index in [1.54, 1.807) is 11.8 Å². The van der Waals surface area contributed by atoms with Crippen LogP contribution < -0.4 is 0 Å². The predicted octanol–water partition coefficient (Wildman–Crippen LogP) is 2.71. The number of carbonyl (C=O) groups excluding carboxylic acids is 1. The normalized spacial score (nSPS) is 13.2. The molecule has 0 aromatic heterocycles. The number of benzene rings is 1. The first-order chi connectivity index (χ1) is 9.65. The number of carbonyl (C=O) groups is 1. The van der Waals surface area contributed by atoms with Gasteiger partial charge in [-0.2, -0.15) is 0 Å². The Hall–Kier alpha value is -1.36. The van der Waals surface area contributed by atoms with Crippen molar-refractivity contribution in [2.75, 3.05) is 18.6 Å². The van der Waals surface area contributed by atoms with Gasteiger partial charge in [-0.3, -0.25) is 4.79 Å². The molecule has 1 unspecified atom stereocenters. The van der Waals surface area contributed by atoms with E-state index in [4.69, 9.17) is 0 Å². The Bertz CT molecular complexity index is 576. The van der Waals surface area contributed by atoms with Gasteiger partial charge in [-0.05, 0) is 37.5 Å². The Morgan fingerprint density at radius 3 is 2.05 bits per heavy atom. The molecule has 0 aliphatic carbocycles. The minimum absolute atomic E-state index is 0.0172. The third-order valence-electron chi connectivity index (χ3n) is 3.50. The minimum atomic E-state index is -3.11. The fourth-order valence-corrected chi connectivity index (χ4v) is 3.42. The van der Waals surface area contributed by atoms with Crippen LogP contribution in [0.3, 0.4) is 0 Å². The molecule has 5 heteroatoms. The summed E-state index contributed by atoms with van der Waals surface area (Å²) in [5.41, 5.74) is 1.78. The molecule has 21 heavy (non-hydrogen) atoms. The summed E-state index contributed by atoms with van der Waals surface area (Å²) in [7, 11) is -3.11. The van der Waals surface area contributed by atoms with Crippen LogP contribution >= 0.6 is 0 Å². The molecule has 0 aliphatic heterocycles. The van der Waals surface area contributed by atoms with Crippen molar-refractivity contribution in [1.29, 1.82) is 0 Å². The van der Waals surface area contributed by atoms with Crippen LogP contribution in [0.1, 0.15) is 49.5 Å². The monoisotopic (exact) mass is 311 g/mol. The van der Waals surface area contributed by atoms with Gasteiger partial charge in [-0.25, -0.2) is 8.42 Å². The molecular weight excluding hydrogens is 286 g/mol. The lowest BCUT2D eigenvalue weighted by Crippen LogP contribution is -2.42. The first kappa shape index (κ1) is 17.7. The lowest BCUT2D eigenvalue weighted by molar-refractivity contribution is 0.0719. The molecule has 0 saturated heterocycles. The molecule has 1 aromatic carbocycles. The summed E-state index contributed by atoms with van der Waals surface area (Å²) in [4.78, 5) is 14.1. The second kappa shape index (κ2) is 7.07. The van der Waals surface area contributed by atoms with Crippen LogP contribution in [0.4, 0.5) is 0 Å². The quantitative estimate of drug-likeness (QED) is 0.811. The summed E-state index contributed by atoms with van der Waals surface area (Å²) in [5.74, 6) is 0.279. The van der Waals surface area contributed by atoms with Gasteiger partial charge in [0.1, 0.15) is 9.84 Å². The van der Waals surface area contributed by atoms with Gasteiger partial charge in [-0.15, -0.1) is 0 Å². The molecule has 1 atom stereocenters. The van der Waals surface area contributed by atoms with Crippen LogP contribution in [0.25, 0.3) is 0 Å². The fraction of sp³-hybridized carbons (Fsp3) is 0.562. The van der Waals surface area contributed by atoms with Crippen molar-refractivity contribution in [3.8, 4) is 0 Å². The molecule has 0 bridgehead atoms. The molecule has 0 saturated carbocycles. The average Bonchev–Trinajstić information content (AvgIpc) is 2.37.